The molecule has 0 N–H and O–H groups in total. The van der Waals surface area contributed by atoms with E-state index in [1.165, 1.54) is 57.8 Å². The fourth-order valence-electron chi connectivity index (χ4n) is 3.74. The third kappa shape index (κ3) is 5.53. The van der Waals surface area contributed by atoms with E-state index in [1.54, 1.807) is 16.7 Å². The molecule has 0 amide bonds. The minimum atomic E-state index is 0.757. The van der Waals surface area contributed by atoms with Crippen LogP contribution in [0.3, 0.4) is 0 Å². The highest BCUT2D eigenvalue weighted by Gasteiger charge is 2.18. The molecule has 1 atom stereocenters. The standard InChI is InChI=1S/C23H32/c1-3-5-6-7-8-9-10-11-15-20(4-2)22-19-14-17-21-16-12-13-18-23(21)22/h3,5-8,14,17,19-20H,1,4,9-13,15-16,18H2,2H3. The number of hydrogen-bond donors (Lipinski definition) is 0. The molecule has 0 saturated heterocycles. The summed E-state index contributed by atoms with van der Waals surface area (Å²) in [6.07, 6.45) is 22.0. The second-order valence-corrected chi connectivity index (χ2v) is 6.63. The predicted octanol–water partition coefficient (Wildman–Crippen LogP) is 6.92. The Morgan fingerprint density at radius 3 is 2.78 bits per heavy atom. The zero-order valence-electron chi connectivity index (χ0n) is 14.8. The van der Waals surface area contributed by atoms with E-state index >= 15 is 0 Å². The zero-order chi connectivity index (χ0) is 16.3. The fraction of sp³-hybridized carbons (Fsp3) is 0.478. The van der Waals surface area contributed by atoms with Crippen LogP contribution in [-0.4, -0.2) is 0 Å². The van der Waals surface area contributed by atoms with Gasteiger partial charge in [0.25, 0.3) is 0 Å². The van der Waals surface area contributed by atoms with E-state index in [0.717, 1.165) is 5.92 Å². The highest BCUT2D eigenvalue weighted by Crippen LogP contribution is 2.33. The smallest absolute Gasteiger partial charge is 0.0162 e. The van der Waals surface area contributed by atoms with Crippen molar-refractivity contribution in [2.45, 2.75) is 70.6 Å². The highest BCUT2D eigenvalue weighted by atomic mass is 14.2. The van der Waals surface area contributed by atoms with Gasteiger partial charge in [0.1, 0.15) is 0 Å². The third-order valence-corrected chi connectivity index (χ3v) is 5.03. The molecular formula is C23H32. The van der Waals surface area contributed by atoms with E-state index in [4.69, 9.17) is 0 Å². The molecule has 0 aromatic heterocycles. The third-order valence-electron chi connectivity index (χ3n) is 5.03. The molecule has 1 unspecified atom stereocenters. The van der Waals surface area contributed by atoms with Crippen molar-refractivity contribution in [3.63, 3.8) is 0 Å². The second kappa shape index (κ2) is 10.3. The van der Waals surface area contributed by atoms with Gasteiger partial charge in [0.15, 0.2) is 0 Å². The van der Waals surface area contributed by atoms with E-state index in [9.17, 15) is 0 Å². The summed E-state index contributed by atoms with van der Waals surface area (Å²) >= 11 is 0. The molecule has 0 heterocycles. The Kier molecular flexibility index (Phi) is 7.93. The summed E-state index contributed by atoms with van der Waals surface area (Å²) in [5.41, 5.74) is 4.98. The second-order valence-electron chi connectivity index (χ2n) is 6.63. The zero-order valence-corrected chi connectivity index (χ0v) is 14.8. The molecular weight excluding hydrogens is 276 g/mol. The molecule has 1 aromatic carbocycles. The molecule has 0 heteroatoms. The number of hydrogen-bond acceptors (Lipinski definition) is 0. The van der Waals surface area contributed by atoms with Crippen LogP contribution in [0.25, 0.3) is 0 Å². The van der Waals surface area contributed by atoms with Crippen LogP contribution < -0.4 is 0 Å². The first-order valence-corrected chi connectivity index (χ1v) is 9.41. The normalized spacial score (nSPS) is 15.9. The van der Waals surface area contributed by atoms with Gasteiger partial charge < -0.3 is 0 Å². The first-order chi connectivity index (χ1) is 11.4. The van der Waals surface area contributed by atoms with Crippen molar-refractivity contribution >= 4 is 0 Å². The van der Waals surface area contributed by atoms with Gasteiger partial charge in [-0.25, -0.2) is 0 Å². The van der Waals surface area contributed by atoms with Crippen LogP contribution in [0.2, 0.25) is 0 Å². The maximum Gasteiger partial charge on any atom is -0.0162 e. The Morgan fingerprint density at radius 2 is 1.96 bits per heavy atom. The summed E-state index contributed by atoms with van der Waals surface area (Å²) < 4.78 is 0. The fourth-order valence-corrected chi connectivity index (χ4v) is 3.74. The van der Waals surface area contributed by atoms with E-state index < -0.39 is 0 Å². The van der Waals surface area contributed by atoms with Crippen LogP contribution in [0.15, 0.2) is 55.2 Å². The number of fused-ring (bicyclic) bond motifs is 1. The van der Waals surface area contributed by atoms with Crippen molar-refractivity contribution < 1.29 is 0 Å². The minimum Gasteiger partial charge on any atom is -0.0991 e. The van der Waals surface area contributed by atoms with Crippen LogP contribution >= 0.6 is 0 Å². The number of unbranched alkanes of at least 4 members (excludes halogenated alkanes) is 2. The lowest BCUT2D eigenvalue weighted by molar-refractivity contribution is 0.550. The van der Waals surface area contributed by atoms with Crippen LogP contribution in [0.5, 0.6) is 0 Å². The van der Waals surface area contributed by atoms with Crippen LogP contribution in [-0.2, 0) is 12.8 Å². The molecule has 0 spiro atoms. The molecule has 0 fully saturated rings. The van der Waals surface area contributed by atoms with Crippen molar-refractivity contribution in [1.29, 1.82) is 0 Å². The van der Waals surface area contributed by atoms with E-state index in [2.05, 4.69) is 49.9 Å². The Hall–Kier alpha value is -1.56. The molecule has 0 nitrogen and oxygen atoms in total. The van der Waals surface area contributed by atoms with Crippen LogP contribution in [0, 0.1) is 0 Å². The number of rotatable bonds is 9. The molecule has 1 aliphatic rings. The van der Waals surface area contributed by atoms with Gasteiger partial charge in [0, 0.05) is 0 Å². The van der Waals surface area contributed by atoms with E-state index in [0.29, 0.717) is 0 Å². The quantitative estimate of drug-likeness (QED) is 0.343. The Labute approximate surface area is 143 Å². The SMILES string of the molecule is C=CC=CC=CCCCCC(CC)c1cccc2c1CCCC2. The van der Waals surface area contributed by atoms with Crippen molar-refractivity contribution in [2.24, 2.45) is 0 Å². The largest absolute Gasteiger partial charge is 0.0991 e. The van der Waals surface area contributed by atoms with Gasteiger partial charge in [-0.3, -0.25) is 0 Å². The monoisotopic (exact) mass is 308 g/mol. The van der Waals surface area contributed by atoms with Gasteiger partial charge in [-0.1, -0.05) is 68.5 Å². The maximum absolute atomic E-state index is 3.68. The summed E-state index contributed by atoms with van der Waals surface area (Å²) in [6, 6.07) is 7.04. The first-order valence-electron chi connectivity index (χ1n) is 9.41. The van der Waals surface area contributed by atoms with Crippen molar-refractivity contribution in [3.8, 4) is 0 Å². The van der Waals surface area contributed by atoms with Crippen LogP contribution in [0.4, 0.5) is 0 Å². The number of allylic oxidation sites excluding steroid dienone is 5. The Balaban J connectivity index is 1.85. The summed E-state index contributed by atoms with van der Waals surface area (Å²) in [6.45, 7) is 6.03. The predicted molar refractivity (Wildman–Crippen MR) is 103 cm³/mol. The summed E-state index contributed by atoms with van der Waals surface area (Å²) in [4.78, 5) is 0. The molecule has 0 saturated carbocycles. The highest BCUT2D eigenvalue weighted by molar-refractivity contribution is 5.39. The van der Waals surface area contributed by atoms with Crippen molar-refractivity contribution in [1.82, 2.24) is 0 Å². The van der Waals surface area contributed by atoms with Gasteiger partial charge in [0.05, 0.1) is 0 Å². The number of benzene rings is 1. The molecule has 124 valence electrons. The van der Waals surface area contributed by atoms with Gasteiger partial charge in [-0.05, 0) is 74.0 Å². The van der Waals surface area contributed by atoms with Crippen LogP contribution in [0.1, 0.15) is 74.5 Å². The van der Waals surface area contributed by atoms with Gasteiger partial charge >= 0.3 is 0 Å². The Morgan fingerprint density at radius 1 is 1.09 bits per heavy atom. The average molecular weight is 309 g/mol. The van der Waals surface area contributed by atoms with Gasteiger partial charge in [-0.15, -0.1) is 0 Å². The first kappa shape index (κ1) is 17.8. The lowest BCUT2D eigenvalue weighted by Crippen LogP contribution is -2.09. The minimum absolute atomic E-state index is 0.757. The van der Waals surface area contributed by atoms with E-state index in [-0.39, 0.29) is 0 Å². The van der Waals surface area contributed by atoms with Crippen molar-refractivity contribution in [2.75, 3.05) is 0 Å². The molecule has 2 rings (SSSR count). The van der Waals surface area contributed by atoms with Crippen molar-refractivity contribution in [3.05, 3.63) is 71.8 Å². The molecule has 23 heavy (non-hydrogen) atoms. The molecule has 1 aliphatic carbocycles. The maximum atomic E-state index is 3.68. The topological polar surface area (TPSA) is 0 Å². The molecule has 0 aliphatic heterocycles. The summed E-state index contributed by atoms with van der Waals surface area (Å²) in [5, 5.41) is 0. The van der Waals surface area contributed by atoms with Gasteiger partial charge in [0.2, 0.25) is 0 Å². The van der Waals surface area contributed by atoms with Gasteiger partial charge in [-0.2, -0.15) is 0 Å². The average Bonchev–Trinajstić information content (AvgIpc) is 2.60. The lowest BCUT2D eigenvalue weighted by atomic mass is 9.81. The Bertz CT molecular complexity index is 533. The summed E-state index contributed by atoms with van der Waals surface area (Å²) in [5.74, 6) is 0.757. The lowest BCUT2D eigenvalue weighted by Gasteiger charge is -2.24. The van der Waals surface area contributed by atoms with E-state index in [1.807, 2.05) is 12.2 Å². The molecule has 1 aromatic rings. The molecule has 0 radical (unpaired) electrons. The summed E-state index contributed by atoms with van der Waals surface area (Å²) in [7, 11) is 0. The number of aryl methyl sites for hydroxylation is 1. The molecule has 0 bridgehead atoms.